The van der Waals surface area contributed by atoms with Crippen LogP contribution in [0.1, 0.15) is 10.4 Å². The van der Waals surface area contributed by atoms with Crippen molar-refractivity contribution in [2.75, 3.05) is 44.3 Å². The van der Waals surface area contributed by atoms with E-state index in [0.29, 0.717) is 37.7 Å². The van der Waals surface area contributed by atoms with Gasteiger partial charge in [0.2, 0.25) is 0 Å². The van der Waals surface area contributed by atoms with E-state index in [1.54, 1.807) is 18.3 Å². The van der Waals surface area contributed by atoms with E-state index >= 15 is 0 Å². The topological polar surface area (TPSA) is 86.7 Å². The highest BCUT2D eigenvalue weighted by Gasteiger charge is 2.28. The van der Waals surface area contributed by atoms with Gasteiger partial charge in [-0.05, 0) is 12.1 Å². The maximum Gasteiger partial charge on any atom is 0.255 e. The van der Waals surface area contributed by atoms with Crippen molar-refractivity contribution in [1.82, 2.24) is 15.6 Å². The molecule has 0 bridgehead atoms. The Kier molecular flexibility index (Phi) is 4.33. The fraction of sp³-hybridized carbons (Fsp3) is 0.571. The normalized spacial score (nSPS) is 25.9. The van der Waals surface area contributed by atoms with Crippen molar-refractivity contribution in [2.24, 2.45) is 0 Å². The maximum absolute atomic E-state index is 12.5. The zero-order chi connectivity index (χ0) is 14.7. The van der Waals surface area contributed by atoms with E-state index in [4.69, 9.17) is 4.74 Å². The SMILES string of the molecule is O=C(N[C@H]1CNC[C@H]1O)c1cccnc1N1CCOCC1. The molecule has 3 rings (SSSR count). The quantitative estimate of drug-likeness (QED) is 0.661. The lowest BCUT2D eigenvalue weighted by molar-refractivity contribution is 0.0887. The number of hydrogen-bond acceptors (Lipinski definition) is 6. The molecule has 3 N–H and O–H groups in total. The van der Waals surface area contributed by atoms with Crippen molar-refractivity contribution < 1.29 is 14.6 Å². The summed E-state index contributed by atoms with van der Waals surface area (Å²) in [7, 11) is 0. The highest BCUT2D eigenvalue weighted by molar-refractivity contribution is 5.99. The minimum absolute atomic E-state index is 0.197. The first-order valence-corrected chi connectivity index (χ1v) is 7.23. The fourth-order valence-electron chi connectivity index (χ4n) is 2.66. The zero-order valence-corrected chi connectivity index (χ0v) is 11.8. The number of aliphatic hydroxyl groups is 1. The molecule has 3 heterocycles. The van der Waals surface area contributed by atoms with Gasteiger partial charge in [0, 0.05) is 32.4 Å². The summed E-state index contributed by atoms with van der Waals surface area (Å²) in [5.41, 5.74) is 0.540. The minimum Gasteiger partial charge on any atom is -0.390 e. The first kappa shape index (κ1) is 14.2. The summed E-state index contributed by atoms with van der Waals surface area (Å²) in [5, 5.41) is 15.7. The van der Waals surface area contributed by atoms with Gasteiger partial charge in [-0.3, -0.25) is 4.79 Å². The lowest BCUT2D eigenvalue weighted by Crippen LogP contribution is -2.44. The molecule has 2 atom stereocenters. The maximum atomic E-state index is 12.5. The summed E-state index contributed by atoms with van der Waals surface area (Å²) in [5.74, 6) is 0.482. The van der Waals surface area contributed by atoms with Gasteiger partial charge in [-0.15, -0.1) is 0 Å². The van der Waals surface area contributed by atoms with Gasteiger partial charge in [0.1, 0.15) is 5.82 Å². The van der Waals surface area contributed by atoms with Crippen molar-refractivity contribution in [3.05, 3.63) is 23.9 Å². The number of aromatic nitrogens is 1. The third-order valence-electron chi connectivity index (χ3n) is 3.84. The summed E-state index contributed by atoms with van der Waals surface area (Å²) in [6.07, 6.45) is 1.14. The van der Waals surface area contributed by atoms with Gasteiger partial charge in [-0.1, -0.05) is 0 Å². The van der Waals surface area contributed by atoms with E-state index in [1.807, 2.05) is 0 Å². The van der Waals surface area contributed by atoms with Gasteiger partial charge in [0.25, 0.3) is 5.91 Å². The smallest absolute Gasteiger partial charge is 0.255 e. The van der Waals surface area contributed by atoms with Gasteiger partial charge >= 0.3 is 0 Å². The van der Waals surface area contributed by atoms with Crippen LogP contribution in [-0.2, 0) is 4.74 Å². The molecular formula is C14H20N4O3. The molecule has 7 heteroatoms. The molecule has 0 saturated carbocycles. The second-order valence-corrected chi connectivity index (χ2v) is 5.28. The number of rotatable bonds is 3. The molecule has 0 radical (unpaired) electrons. The summed E-state index contributed by atoms with van der Waals surface area (Å²) in [6.45, 7) is 3.83. The Labute approximate surface area is 123 Å². The Morgan fingerprint density at radius 3 is 2.95 bits per heavy atom. The van der Waals surface area contributed by atoms with Crippen LogP contribution >= 0.6 is 0 Å². The Hall–Kier alpha value is -1.70. The average molecular weight is 292 g/mol. The third kappa shape index (κ3) is 3.15. The third-order valence-corrected chi connectivity index (χ3v) is 3.84. The van der Waals surface area contributed by atoms with Crippen molar-refractivity contribution >= 4 is 11.7 Å². The molecule has 2 fully saturated rings. The van der Waals surface area contributed by atoms with Gasteiger partial charge in [0.15, 0.2) is 0 Å². The van der Waals surface area contributed by atoms with Crippen LogP contribution in [0.15, 0.2) is 18.3 Å². The Morgan fingerprint density at radius 1 is 1.43 bits per heavy atom. The van der Waals surface area contributed by atoms with Crippen LogP contribution in [0.25, 0.3) is 0 Å². The zero-order valence-electron chi connectivity index (χ0n) is 11.8. The minimum atomic E-state index is -0.544. The lowest BCUT2D eigenvalue weighted by atomic mass is 10.1. The van der Waals surface area contributed by atoms with Crippen LogP contribution in [0.5, 0.6) is 0 Å². The number of β-amino-alcohol motifs (C(OH)–C–C–N with tert-alkyl or cyclic N) is 1. The van der Waals surface area contributed by atoms with Crippen LogP contribution < -0.4 is 15.5 Å². The van der Waals surface area contributed by atoms with E-state index in [2.05, 4.69) is 20.5 Å². The molecule has 1 aromatic heterocycles. The summed E-state index contributed by atoms with van der Waals surface area (Å²) >= 11 is 0. The number of carbonyl (C=O) groups is 1. The molecule has 21 heavy (non-hydrogen) atoms. The van der Waals surface area contributed by atoms with Crippen molar-refractivity contribution in [3.8, 4) is 0 Å². The largest absolute Gasteiger partial charge is 0.390 e. The molecule has 114 valence electrons. The lowest BCUT2D eigenvalue weighted by Gasteiger charge is -2.29. The number of carbonyl (C=O) groups excluding carboxylic acids is 1. The Morgan fingerprint density at radius 2 is 2.24 bits per heavy atom. The first-order valence-electron chi connectivity index (χ1n) is 7.23. The summed E-state index contributed by atoms with van der Waals surface area (Å²) < 4.78 is 5.33. The number of aliphatic hydroxyl groups excluding tert-OH is 1. The van der Waals surface area contributed by atoms with Crippen LogP contribution in [0.3, 0.4) is 0 Å². The van der Waals surface area contributed by atoms with Crippen molar-refractivity contribution in [3.63, 3.8) is 0 Å². The monoisotopic (exact) mass is 292 g/mol. The molecule has 1 amide bonds. The predicted molar refractivity (Wildman–Crippen MR) is 77.4 cm³/mol. The van der Waals surface area contributed by atoms with Crippen LogP contribution in [-0.4, -0.2) is 67.5 Å². The first-order chi connectivity index (χ1) is 10.3. The molecule has 2 aliphatic heterocycles. The molecule has 1 aromatic rings. The summed E-state index contributed by atoms with van der Waals surface area (Å²) in [6, 6.07) is 3.26. The van der Waals surface area contributed by atoms with Crippen LogP contribution in [0.2, 0.25) is 0 Å². The number of ether oxygens (including phenoxy) is 1. The van der Waals surface area contributed by atoms with Crippen LogP contribution in [0.4, 0.5) is 5.82 Å². The number of hydrogen-bond donors (Lipinski definition) is 3. The number of nitrogens with one attached hydrogen (secondary N) is 2. The highest BCUT2D eigenvalue weighted by atomic mass is 16.5. The number of nitrogens with zero attached hydrogens (tertiary/aromatic N) is 2. The van der Waals surface area contributed by atoms with Gasteiger partial charge in [-0.25, -0.2) is 4.98 Å². The number of pyridine rings is 1. The predicted octanol–water partition coefficient (Wildman–Crippen LogP) is -1.02. The Balaban J connectivity index is 1.76. The summed E-state index contributed by atoms with van der Waals surface area (Å²) in [4.78, 5) is 18.9. The number of morpholine rings is 1. The molecule has 2 aliphatic rings. The van der Waals surface area contributed by atoms with Gasteiger partial charge in [-0.2, -0.15) is 0 Å². The Bertz CT molecular complexity index is 505. The highest BCUT2D eigenvalue weighted by Crippen LogP contribution is 2.18. The van der Waals surface area contributed by atoms with Crippen LogP contribution in [0, 0.1) is 0 Å². The molecule has 0 aliphatic carbocycles. The van der Waals surface area contributed by atoms with E-state index in [9.17, 15) is 9.90 Å². The number of anilines is 1. The fourth-order valence-corrected chi connectivity index (χ4v) is 2.66. The van der Waals surface area contributed by atoms with E-state index in [-0.39, 0.29) is 11.9 Å². The number of amides is 1. The second-order valence-electron chi connectivity index (χ2n) is 5.28. The molecule has 0 aromatic carbocycles. The van der Waals surface area contributed by atoms with Crippen molar-refractivity contribution in [1.29, 1.82) is 0 Å². The second kappa shape index (κ2) is 6.38. The molecule has 0 spiro atoms. The van der Waals surface area contributed by atoms with E-state index in [1.165, 1.54) is 0 Å². The molecule has 2 saturated heterocycles. The van der Waals surface area contributed by atoms with E-state index < -0.39 is 6.10 Å². The van der Waals surface area contributed by atoms with Gasteiger partial charge < -0.3 is 25.4 Å². The molecule has 0 unspecified atom stereocenters. The van der Waals surface area contributed by atoms with Crippen molar-refractivity contribution in [2.45, 2.75) is 12.1 Å². The average Bonchev–Trinajstić information content (AvgIpc) is 2.93. The standard InChI is InChI=1S/C14H20N4O3/c19-12-9-15-8-11(12)17-14(20)10-2-1-3-16-13(10)18-4-6-21-7-5-18/h1-3,11-12,15,19H,4-9H2,(H,17,20)/t11-,12+/m0/s1. The van der Waals surface area contributed by atoms with E-state index in [0.717, 1.165) is 13.1 Å². The molecule has 7 nitrogen and oxygen atoms in total. The molecular weight excluding hydrogens is 272 g/mol. The van der Waals surface area contributed by atoms with Gasteiger partial charge in [0.05, 0.1) is 30.9 Å².